The third-order valence-electron chi connectivity index (χ3n) is 2.06. The van der Waals surface area contributed by atoms with Crippen molar-refractivity contribution in [3.8, 4) is 6.07 Å². The molecule has 0 heterocycles. The summed E-state index contributed by atoms with van der Waals surface area (Å²) < 4.78 is 0. The fourth-order valence-electron chi connectivity index (χ4n) is 1.38. The van der Waals surface area contributed by atoms with Crippen LogP contribution in [0.15, 0.2) is 18.2 Å². The highest BCUT2D eigenvalue weighted by Gasteiger charge is 2.06. The van der Waals surface area contributed by atoms with Gasteiger partial charge in [-0.25, -0.2) is 0 Å². The summed E-state index contributed by atoms with van der Waals surface area (Å²) in [6.07, 6.45) is 0. The minimum Gasteiger partial charge on any atom is -0.392 e. The van der Waals surface area contributed by atoms with Crippen molar-refractivity contribution in [3.05, 3.63) is 34.9 Å². The maximum Gasteiger partial charge on any atom is 0.0991 e. The van der Waals surface area contributed by atoms with Crippen LogP contribution in [0.5, 0.6) is 0 Å². The molecule has 1 aromatic carbocycles. The average molecular weight is 175 g/mol. The van der Waals surface area contributed by atoms with Crippen LogP contribution in [0.1, 0.15) is 36.5 Å². The van der Waals surface area contributed by atoms with Crippen LogP contribution in [0.3, 0.4) is 0 Å². The summed E-state index contributed by atoms with van der Waals surface area (Å²) in [7, 11) is 0. The molecule has 13 heavy (non-hydrogen) atoms. The predicted octanol–water partition coefficient (Wildman–Crippen LogP) is 2.17. The van der Waals surface area contributed by atoms with Crippen LogP contribution < -0.4 is 0 Å². The second-order valence-corrected chi connectivity index (χ2v) is 3.34. The van der Waals surface area contributed by atoms with Crippen molar-refractivity contribution in [1.82, 2.24) is 0 Å². The Morgan fingerprint density at radius 1 is 1.46 bits per heavy atom. The van der Waals surface area contributed by atoms with Gasteiger partial charge in [-0.15, -0.1) is 0 Å². The van der Waals surface area contributed by atoms with Crippen molar-refractivity contribution in [2.75, 3.05) is 0 Å². The third kappa shape index (κ3) is 2.07. The Morgan fingerprint density at radius 2 is 2.15 bits per heavy atom. The summed E-state index contributed by atoms with van der Waals surface area (Å²) in [6, 6.07) is 7.50. The molecular formula is C11H13NO. The molecule has 2 nitrogen and oxygen atoms in total. The quantitative estimate of drug-likeness (QED) is 0.748. The first-order chi connectivity index (χ1) is 6.19. The lowest BCUT2D eigenvalue weighted by atomic mass is 9.96. The second-order valence-electron chi connectivity index (χ2n) is 3.34. The van der Waals surface area contributed by atoms with E-state index in [1.807, 2.05) is 6.07 Å². The fraction of sp³-hybridized carbons (Fsp3) is 0.364. The Morgan fingerprint density at radius 3 is 2.62 bits per heavy atom. The number of rotatable bonds is 2. The molecule has 1 rings (SSSR count). The Labute approximate surface area is 78.4 Å². The van der Waals surface area contributed by atoms with Gasteiger partial charge in [0.1, 0.15) is 0 Å². The predicted molar refractivity (Wildman–Crippen MR) is 51.2 cm³/mol. The molecule has 0 bridgehead atoms. The Kier molecular flexibility index (Phi) is 3.05. The van der Waals surface area contributed by atoms with Gasteiger partial charge in [0.2, 0.25) is 0 Å². The highest BCUT2D eigenvalue weighted by atomic mass is 16.3. The van der Waals surface area contributed by atoms with Gasteiger partial charge in [0.25, 0.3) is 0 Å². The molecule has 1 aromatic rings. The van der Waals surface area contributed by atoms with Gasteiger partial charge in [-0.2, -0.15) is 5.26 Å². The first kappa shape index (κ1) is 9.76. The van der Waals surface area contributed by atoms with Gasteiger partial charge in [-0.05, 0) is 29.2 Å². The van der Waals surface area contributed by atoms with Crippen molar-refractivity contribution >= 4 is 0 Å². The summed E-state index contributed by atoms with van der Waals surface area (Å²) in [5, 5.41) is 17.7. The lowest BCUT2D eigenvalue weighted by Crippen LogP contribution is -1.96. The van der Waals surface area contributed by atoms with Gasteiger partial charge in [0.15, 0.2) is 0 Å². The van der Waals surface area contributed by atoms with Crippen molar-refractivity contribution < 1.29 is 5.11 Å². The number of benzene rings is 1. The normalized spacial score (nSPS) is 10.1. The Bertz CT molecular complexity index is 336. The van der Waals surface area contributed by atoms with Crippen molar-refractivity contribution in [2.24, 2.45) is 0 Å². The van der Waals surface area contributed by atoms with Gasteiger partial charge in [-0.3, -0.25) is 0 Å². The molecule has 2 heteroatoms. The van der Waals surface area contributed by atoms with Crippen LogP contribution in [0.4, 0.5) is 0 Å². The number of nitriles is 1. The van der Waals surface area contributed by atoms with E-state index < -0.39 is 0 Å². The largest absolute Gasteiger partial charge is 0.392 e. The SMILES string of the molecule is CC(C)c1ccc(C#N)cc1CO. The number of nitrogens with zero attached hydrogens (tertiary/aromatic N) is 1. The van der Waals surface area contributed by atoms with Crippen molar-refractivity contribution in [1.29, 1.82) is 5.26 Å². The van der Waals surface area contributed by atoms with E-state index in [-0.39, 0.29) is 6.61 Å². The van der Waals surface area contributed by atoms with Crippen LogP contribution in [0.25, 0.3) is 0 Å². The van der Waals surface area contributed by atoms with E-state index in [0.717, 1.165) is 11.1 Å². The second kappa shape index (κ2) is 4.06. The number of hydrogen-bond donors (Lipinski definition) is 1. The molecule has 0 aliphatic heterocycles. The van der Waals surface area contributed by atoms with Crippen LogP contribution in [-0.4, -0.2) is 5.11 Å². The molecule has 0 aromatic heterocycles. The van der Waals surface area contributed by atoms with E-state index in [2.05, 4.69) is 19.9 Å². The fourth-order valence-corrected chi connectivity index (χ4v) is 1.38. The van der Waals surface area contributed by atoms with E-state index in [0.29, 0.717) is 11.5 Å². The lowest BCUT2D eigenvalue weighted by molar-refractivity contribution is 0.280. The summed E-state index contributed by atoms with van der Waals surface area (Å²) in [5.41, 5.74) is 2.57. The number of aliphatic hydroxyl groups is 1. The molecule has 0 radical (unpaired) electrons. The van der Waals surface area contributed by atoms with Crippen LogP contribution >= 0.6 is 0 Å². The van der Waals surface area contributed by atoms with Crippen LogP contribution in [0.2, 0.25) is 0 Å². The maximum atomic E-state index is 9.08. The molecule has 0 saturated carbocycles. The van der Waals surface area contributed by atoms with E-state index >= 15 is 0 Å². The molecule has 0 aliphatic carbocycles. The highest BCUT2D eigenvalue weighted by molar-refractivity contribution is 5.39. The summed E-state index contributed by atoms with van der Waals surface area (Å²) in [5.74, 6) is 0.384. The Balaban J connectivity index is 3.17. The highest BCUT2D eigenvalue weighted by Crippen LogP contribution is 2.20. The van der Waals surface area contributed by atoms with Gasteiger partial charge in [0, 0.05) is 0 Å². The van der Waals surface area contributed by atoms with E-state index in [1.54, 1.807) is 12.1 Å². The minimum atomic E-state index is 0.00301. The van der Waals surface area contributed by atoms with Crippen LogP contribution in [0, 0.1) is 11.3 Å². The Hall–Kier alpha value is -1.33. The molecule has 68 valence electrons. The monoisotopic (exact) mass is 175 g/mol. The van der Waals surface area contributed by atoms with Crippen LogP contribution in [-0.2, 0) is 6.61 Å². The zero-order valence-electron chi connectivity index (χ0n) is 7.91. The molecule has 0 fully saturated rings. The lowest BCUT2D eigenvalue weighted by Gasteiger charge is -2.10. The standard InChI is InChI=1S/C11H13NO/c1-8(2)11-4-3-9(6-12)5-10(11)7-13/h3-5,8,13H,7H2,1-2H3. The van der Waals surface area contributed by atoms with E-state index in [9.17, 15) is 0 Å². The molecule has 0 amide bonds. The van der Waals surface area contributed by atoms with Gasteiger partial charge in [-0.1, -0.05) is 19.9 Å². The third-order valence-corrected chi connectivity index (χ3v) is 2.06. The number of hydrogen-bond acceptors (Lipinski definition) is 2. The smallest absolute Gasteiger partial charge is 0.0991 e. The summed E-state index contributed by atoms with van der Waals surface area (Å²) in [4.78, 5) is 0. The molecule has 1 N–H and O–H groups in total. The minimum absolute atomic E-state index is 0.00301. The zero-order valence-corrected chi connectivity index (χ0v) is 7.91. The van der Waals surface area contributed by atoms with E-state index in [4.69, 9.17) is 10.4 Å². The van der Waals surface area contributed by atoms with E-state index in [1.165, 1.54) is 0 Å². The van der Waals surface area contributed by atoms with Gasteiger partial charge >= 0.3 is 0 Å². The van der Waals surface area contributed by atoms with Gasteiger partial charge < -0.3 is 5.11 Å². The van der Waals surface area contributed by atoms with Crippen molar-refractivity contribution in [3.63, 3.8) is 0 Å². The summed E-state index contributed by atoms with van der Waals surface area (Å²) in [6.45, 7) is 4.14. The zero-order chi connectivity index (χ0) is 9.84. The average Bonchev–Trinajstić information content (AvgIpc) is 2.16. The molecule has 0 spiro atoms. The maximum absolute atomic E-state index is 9.08. The molecule has 0 unspecified atom stereocenters. The topological polar surface area (TPSA) is 44.0 Å². The van der Waals surface area contributed by atoms with Crippen molar-refractivity contribution in [2.45, 2.75) is 26.4 Å². The first-order valence-corrected chi connectivity index (χ1v) is 4.32. The van der Waals surface area contributed by atoms with Gasteiger partial charge in [0.05, 0.1) is 18.2 Å². The molecular weight excluding hydrogens is 162 g/mol. The molecule has 0 aliphatic rings. The molecule has 0 saturated heterocycles. The molecule has 0 atom stereocenters. The number of aliphatic hydroxyl groups excluding tert-OH is 1. The summed E-state index contributed by atoms with van der Waals surface area (Å²) >= 11 is 0. The first-order valence-electron chi connectivity index (χ1n) is 4.32.